The molecule has 3 aliphatic carbocycles. The molecule has 222 valence electrons. The zero-order valence-corrected chi connectivity index (χ0v) is 23.2. The highest BCUT2D eigenvalue weighted by Gasteiger charge is 2.69. The van der Waals surface area contributed by atoms with Crippen molar-refractivity contribution >= 4 is 40.6 Å². The molecule has 4 rings (SSSR count). The largest absolute Gasteiger partial charge is 0.505 e. The number of ketones is 4. The Bertz CT molecular complexity index is 1330. The molecule has 13 heteroatoms. The van der Waals surface area contributed by atoms with Crippen LogP contribution in [0.5, 0.6) is 5.75 Å². The van der Waals surface area contributed by atoms with E-state index in [1.165, 1.54) is 19.0 Å². The van der Waals surface area contributed by atoms with E-state index in [1.807, 2.05) is 6.92 Å². The molecule has 2 amide bonds. The van der Waals surface area contributed by atoms with Crippen LogP contribution in [0.1, 0.15) is 48.5 Å². The van der Waals surface area contributed by atoms with Crippen molar-refractivity contribution in [3.63, 3.8) is 0 Å². The molecule has 41 heavy (non-hydrogen) atoms. The minimum Gasteiger partial charge on any atom is -0.505 e. The molecule has 0 bridgehead atoms. The number of Topliss-reactive ketones (excluding diaryl/α,β-unsaturated/α-hetero) is 4. The summed E-state index contributed by atoms with van der Waals surface area (Å²) >= 11 is 0. The number of carbonyl (C=O) groups excluding carboxylic acids is 6. The topological polar surface area (TPSA) is 196 Å². The first kappa shape index (κ1) is 30.4. The highest BCUT2D eigenvalue weighted by Crippen LogP contribution is 2.51. The maximum Gasteiger partial charge on any atom is 0.238 e. The summed E-state index contributed by atoms with van der Waals surface area (Å²) in [5.74, 6) is -14.0. The van der Waals surface area contributed by atoms with Crippen molar-refractivity contribution < 1.29 is 43.4 Å². The number of aliphatic hydroxyl groups is 1. The third-order valence-electron chi connectivity index (χ3n) is 8.52. The zero-order valence-electron chi connectivity index (χ0n) is 23.2. The van der Waals surface area contributed by atoms with Crippen molar-refractivity contribution in [2.24, 2.45) is 29.4 Å². The summed E-state index contributed by atoms with van der Waals surface area (Å²) in [4.78, 5) is 79.7. The van der Waals surface area contributed by atoms with Crippen molar-refractivity contribution in [3.05, 3.63) is 23.0 Å². The second kappa shape index (κ2) is 11.4. The van der Waals surface area contributed by atoms with E-state index in [0.29, 0.717) is 6.54 Å². The number of aromatic hydroxyl groups is 1. The van der Waals surface area contributed by atoms with Crippen LogP contribution in [0.4, 0.5) is 10.1 Å². The fourth-order valence-corrected chi connectivity index (χ4v) is 6.62. The summed E-state index contributed by atoms with van der Waals surface area (Å²) in [7, 11) is 2.95. The van der Waals surface area contributed by atoms with Crippen molar-refractivity contribution in [2.45, 2.75) is 50.7 Å². The third-order valence-corrected chi connectivity index (χ3v) is 8.52. The Kier molecular flexibility index (Phi) is 8.44. The van der Waals surface area contributed by atoms with Gasteiger partial charge in [0.2, 0.25) is 11.8 Å². The molecular formula is C28H35FN4O8. The van der Waals surface area contributed by atoms with Gasteiger partial charge in [0, 0.05) is 17.5 Å². The number of fused-ring (bicyclic) bond motifs is 3. The predicted octanol–water partition coefficient (Wildman–Crippen LogP) is -0.276. The van der Waals surface area contributed by atoms with Gasteiger partial charge in [0.25, 0.3) is 0 Å². The van der Waals surface area contributed by atoms with Crippen LogP contribution in [0.15, 0.2) is 6.07 Å². The fraction of sp³-hybridized carbons (Fsp3) is 0.571. The number of likely N-dealkylation sites (N-methyl/N-ethyl adjacent to an activating group) is 1. The number of carbonyl (C=O) groups is 6. The Hall–Kier alpha value is -3.55. The van der Waals surface area contributed by atoms with Gasteiger partial charge in [-0.1, -0.05) is 19.8 Å². The Morgan fingerprint density at radius 1 is 1.17 bits per heavy atom. The number of nitrogens with two attached hydrogens (primary N) is 1. The molecule has 12 nitrogen and oxygen atoms in total. The minimum atomic E-state index is -2.87. The monoisotopic (exact) mass is 574 g/mol. The maximum absolute atomic E-state index is 15.3. The van der Waals surface area contributed by atoms with Crippen molar-refractivity contribution in [2.75, 3.05) is 32.5 Å². The van der Waals surface area contributed by atoms with E-state index in [-0.39, 0.29) is 30.6 Å². The number of rotatable bonds is 9. The van der Waals surface area contributed by atoms with Gasteiger partial charge in [-0.05, 0) is 45.8 Å². The lowest BCUT2D eigenvalue weighted by Gasteiger charge is -2.52. The average molecular weight is 575 g/mol. The molecule has 6 atom stereocenters. The lowest BCUT2D eigenvalue weighted by molar-refractivity contribution is -0.181. The molecule has 0 aliphatic heterocycles. The molecule has 1 aromatic carbocycles. The molecule has 2 unspecified atom stereocenters. The number of nitrogens with zero attached hydrogens (tertiary/aromatic N) is 1. The molecule has 2 fully saturated rings. The second-order valence-electron chi connectivity index (χ2n) is 11.3. The lowest BCUT2D eigenvalue weighted by atomic mass is 9.52. The molecule has 0 spiro atoms. The molecular weight excluding hydrogens is 539 g/mol. The molecule has 1 aromatic rings. The Balaban J connectivity index is 1.68. The molecule has 2 saturated carbocycles. The number of nitrogens with one attached hydrogen (secondary N) is 2. The summed E-state index contributed by atoms with van der Waals surface area (Å²) in [6.07, 6.45) is 2.43. The van der Waals surface area contributed by atoms with E-state index >= 15 is 4.39 Å². The van der Waals surface area contributed by atoms with Gasteiger partial charge < -0.3 is 26.6 Å². The van der Waals surface area contributed by atoms with Crippen molar-refractivity contribution in [3.8, 4) is 5.75 Å². The quantitative estimate of drug-likeness (QED) is 0.149. The lowest BCUT2D eigenvalue weighted by Crippen LogP contribution is -2.74. The Labute approximate surface area is 235 Å². The number of primary amides is 1. The van der Waals surface area contributed by atoms with E-state index in [1.54, 1.807) is 0 Å². The van der Waals surface area contributed by atoms with Gasteiger partial charge in [0.1, 0.15) is 11.6 Å². The van der Waals surface area contributed by atoms with E-state index in [0.717, 1.165) is 25.3 Å². The summed E-state index contributed by atoms with van der Waals surface area (Å²) in [6, 6.07) is -0.353. The van der Waals surface area contributed by atoms with Gasteiger partial charge >= 0.3 is 0 Å². The van der Waals surface area contributed by atoms with Crippen molar-refractivity contribution in [1.82, 2.24) is 10.2 Å². The summed E-state index contributed by atoms with van der Waals surface area (Å²) < 4.78 is 15.3. The van der Waals surface area contributed by atoms with E-state index < -0.39 is 87.4 Å². The van der Waals surface area contributed by atoms with Crippen LogP contribution in [0.25, 0.3) is 0 Å². The molecule has 0 saturated heterocycles. The number of anilines is 1. The van der Waals surface area contributed by atoms with Crippen LogP contribution in [0.2, 0.25) is 0 Å². The van der Waals surface area contributed by atoms with Crippen LogP contribution in [-0.4, -0.2) is 88.9 Å². The SMILES string of the molecule is CCCCCNCC(=O)Nc1cc(F)c2c(c1O)C(=O)C1C(=O)[C@]3(O)C(=O)C(C(N)=O)C(=O)[C@@H](N(C)C)[C@@H]3C[C@@H]1C2. The minimum absolute atomic E-state index is 0.123. The number of hydrogen-bond donors (Lipinski definition) is 5. The number of phenolic OH excluding ortho intramolecular Hbond substituents is 1. The van der Waals surface area contributed by atoms with E-state index in [9.17, 15) is 39.0 Å². The standard InChI is InChI=1S/C28H35FN4O8/c1-4-5-6-7-31-11-17(34)32-16-10-15(29)13-8-12-9-14-21(33(2)3)24(37)20(27(30)40)26(39)28(14,41)25(38)18(12)23(36)19(13)22(16)35/h10,12,14,18,20-21,31,35,41H,4-9,11H2,1-3H3,(H2,30,40)(H,32,34)/t12-,14-,18?,20?,21-,28-/m0/s1. The average Bonchev–Trinajstić information content (AvgIpc) is 2.88. The highest BCUT2D eigenvalue weighted by molar-refractivity contribution is 6.32. The van der Waals surface area contributed by atoms with Gasteiger partial charge in [-0.3, -0.25) is 33.7 Å². The maximum atomic E-state index is 15.3. The van der Waals surface area contributed by atoms with Crippen LogP contribution in [0.3, 0.4) is 0 Å². The zero-order chi connectivity index (χ0) is 30.4. The summed E-state index contributed by atoms with van der Waals surface area (Å²) in [5, 5.41) is 27.8. The number of unbranched alkanes of at least 4 members (excludes halogenated alkanes) is 2. The number of benzene rings is 1. The first-order chi connectivity index (χ1) is 19.3. The summed E-state index contributed by atoms with van der Waals surface area (Å²) in [6.45, 7) is 2.49. The van der Waals surface area contributed by atoms with Gasteiger partial charge in [0.05, 0.1) is 29.8 Å². The van der Waals surface area contributed by atoms with Gasteiger partial charge in [0.15, 0.2) is 34.7 Å². The second-order valence-corrected chi connectivity index (χ2v) is 11.3. The van der Waals surface area contributed by atoms with Crippen LogP contribution in [0, 0.1) is 29.5 Å². The molecule has 0 heterocycles. The number of phenols is 1. The van der Waals surface area contributed by atoms with Crippen LogP contribution >= 0.6 is 0 Å². The molecule has 3 aliphatic rings. The Morgan fingerprint density at radius 3 is 2.46 bits per heavy atom. The van der Waals surface area contributed by atoms with Gasteiger partial charge in [-0.15, -0.1) is 0 Å². The summed E-state index contributed by atoms with van der Waals surface area (Å²) in [5.41, 5.74) is 1.36. The number of halogens is 1. The smallest absolute Gasteiger partial charge is 0.238 e. The van der Waals surface area contributed by atoms with Gasteiger partial charge in [-0.2, -0.15) is 0 Å². The van der Waals surface area contributed by atoms with E-state index in [4.69, 9.17) is 5.73 Å². The molecule has 6 N–H and O–H groups in total. The molecule has 0 aromatic heterocycles. The highest BCUT2D eigenvalue weighted by atomic mass is 19.1. The van der Waals surface area contributed by atoms with E-state index in [2.05, 4.69) is 10.6 Å². The van der Waals surface area contributed by atoms with Crippen molar-refractivity contribution in [1.29, 1.82) is 0 Å². The third kappa shape index (κ3) is 4.95. The first-order valence-corrected chi connectivity index (χ1v) is 13.7. The van der Waals surface area contributed by atoms with Gasteiger partial charge in [-0.25, -0.2) is 4.39 Å². The van der Waals surface area contributed by atoms with Crippen LogP contribution in [-0.2, 0) is 30.4 Å². The predicted molar refractivity (Wildman–Crippen MR) is 142 cm³/mol. The number of amides is 2. The number of hydrogen-bond acceptors (Lipinski definition) is 10. The first-order valence-electron chi connectivity index (χ1n) is 13.7. The molecule has 0 radical (unpaired) electrons. The van der Waals surface area contributed by atoms with Crippen LogP contribution < -0.4 is 16.4 Å². The normalized spacial score (nSPS) is 29.2. The fourth-order valence-electron chi connectivity index (χ4n) is 6.62. The Morgan fingerprint density at radius 2 is 1.85 bits per heavy atom.